The van der Waals surface area contributed by atoms with E-state index in [4.69, 9.17) is 16.7 Å². The summed E-state index contributed by atoms with van der Waals surface area (Å²) in [6.07, 6.45) is 0. The summed E-state index contributed by atoms with van der Waals surface area (Å²) >= 11 is 5.61. The number of nitrogens with two attached hydrogens (primary N) is 1. The Bertz CT molecular complexity index is 750. The molecule has 7 heteroatoms. The van der Waals surface area contributed by atoms with Crippen LogP contribution < -0.4 is 10.5 Å². The molecule has 0 atom stereocenters. The molecule has 112 valence electrons. The maximum atomic E-state index is 13.3. The lowest BCUT2D eigenvalue weighted by molar-refractivity contribution is 0.597. The van der Waals surface area contributed by atoms with E-state index in [0.29, 0.717) is 13.1 Å². The summed E-state index contributed by atoms with van der Waals surface area (Å²) in [4.78, 5) is 0.0688. The summed E-state index contributed by atoms with van der Waals surface area (Å²) in [5.41, 5.74) is 1.52. The van der Waals surface area contributed by atoms with Gasteiger partial charge >= 0.3 is 0 Å². The number of hydrogen-bond donors (Lipinski definition) is 2. The first-order valence-electron chi connectivity index (χ1n) is 6.12. The lowest BCUT2D eigenvalue weighted by atomic mass is 10.2. The number of hydrogen-bond acceptors (Lipinski definition) is 3. The molecule has 4 nitrogen and oxygen atoms in total. The van der Waals surface area contributed by atoms with Crippen molar-refractivity contribution < 1.29 is 12.8 Å². The van der Waals surface area contributed by atoms with Gasteiger partial charge in [0.1, 0.15) is 5.82 Å². The number of nitrogens with one attached hydrogen (secondary N) is 1. The molecule has 0 bridgehead atoms. The Morgan fingerprint density at radius 2 is 1.76 bits per heavy atom. The highest BCUT2D eigenvalue weighted by molar-refractivity contribution is 7.89. The molecule has 0 radical (unpaired) electrons. The van der Waals surface area contributed by atoms with E-state index in [0.717, 1.165) is 11.1 Å². The van der Waals surface area contributed by atoms with Gasteiger partial charge in [-0.05, 0) is 35.4 Å². The van der Waals surface area contributed by atoms with E-state index >= 15 is 0 Å². The second-order valence-corrected chi connectivity index (χ2v) is 6.51. The molecular formula is C14H14ClFN2O2S. The van der Waals surface area contributed by atoms with Gasteiger partial charge in [-0.15, -0.1) is 0 Å². The summed E-state index contributed by atoms with van der Waals surface area (Å²) in [7, 11) is -3.70. The van der Waals surface area contributed by atoms with Crippen molar-refractivity contribution >= 4 is 21.6 Å². The van der Waals surface area contributed by atoms with E-state index in [1.54, 1.807) is 18.2 Å². The lowest BCUT2D eigenvalue weighted by Crippen LogP contribution is -2.15. The summed E-state index contributed by atoms with van der Waals surface area (Å²) in [6, 6.07) is 10.9. The van der Waals surface area contributed by atoms with Gasteiger partial charge in [0.05, 0.1) is 9.92 Å². The minimum Gasteiger partial charge on any atom is -0.309 e. The summed E-state index contributed by atoms with van der Waals surface area (Å²) < 4.78 is 35.8. The maximum absolute atomic E-state index is 13.3. The van der Waals surface area contributed by atoms with Crippen LogP contribution in [0.2, 0.25) is 5.02 Å². The van der Waals surface area contributed by atoms with E-state index in [1.807, 2.05) is 0 Å². The molecule has 0 aliphatic rings. The van der Waals surface area contributed by atoms with Crippen molar-refractivity contribution in [2.45, 2.75) is 18.0 Å². The first kappa shape index (κ1) is 15.9. The highest BCUT2D eigenvalue weighted by Crippen LogP contribution is 2.15. The van der Waals surface area contributed by atoms with Crippen LogP contribution in [0.1, 0.15) is 11.1 Å². The average Bonchev–Trinajstić information content (AvgIpc) is 2.42. The fourth-order valence-electron chi connectivity index (χ4n) is 1.83. The third-order valence-corrected chi connectivity index (χ3v) is 4.09. The molecule has 2 rings (SSSR count). The molecule has 0 saturated heterocycles. The maximum Gasteiger partial charge on any atom is 0.238 e. The average molecular weight is 329 g/mol. The van der Waals surface area contributed by atoms with Crippen LogP contribution in [-0.2, 0) is 23.1 Å². The van der Waals surface area contributed by atoms with Gasteiger partial charge in [-0.3, -0.25) is 0 Å². The summed E-state index contributed by atoms with van der Waals surface area (Å²) in [5.74, 6) is -0.466. The molecule has 0 amide bonds. The highest BCUT2D eigenvalue weighted by Gasteiger charge is 2.07. The predicted molar refractivity (Wildman–Crippen MR) is 79.8 cm³/mol. The topological polar surface area (TPSA) is 72.2 Å². The van der Waals surface area contributed by atoms with Crippen LogP contribution in [0.5, 0.6) is 0 Å². The number of sulfonamides is 1. The Morgan fingerprint density at radius 1 is 1.10 bits per heavy atom. The van der Waals surface area contributed by atoms with Crippen LogP contribution in [-0.4, -0.2) is 8.42 Å². The normalized spacial score (nSPS) is 11.6. The molecule has 0 aromatic heterocycles. The predicted octanol–water partition coefficient (Wildman–Crippen LogP) is 2.42. The van der Waals surface area contributed by atoms with Crippen LogP contribution in [0.15, 0.2) is 47.4 Å². The minimum absolute atomic E-state index is 0.0688. The molecule has 0 aliphatic heterocycles. The van der Waals surface area contributed by atoms with Crippen LogP contribution >= 0.6 is 11.6 Å². The highest BCUT2D eigenvalue weighted by atomic mass is 35.5. The molecule has 2 aromatic rings. The van der Waals surface area contributed by atoms with E-state index in [-0.39, 0.29) is 9.92 Å². The van der Waals surface area contributed by atoms with Gasteiger partial charge in [-0.2, -0.15) is 0 Å². The first-order chi connectivity index (χ1) is 9.86. The minimum atomic E-state index is -3.70. The van der Waals surface area contributed by atoms with Crippen LogP contribution in [0.25, 0.3) is 0 Å². The van der Waals surface area contributed by atoms with Crippen molar-refractivity contribution in [2.24, 2.45) is 5.14 Å². The monoisotopic (exact) mass is 328 g/mol. The fraction of sp³-hybridized carbons (Fsp3) is 0.143. The summed E-state index contributed by atoms with van der Waals surface area (Å²) in [5, 5.41) is 8.25. The van der Waals surface area contributed by atoms with Gasteiger partial charge in [0, 0.05) is 13.1 Å². The number of rotatable bonds is 5. The second-order valence-electron chi connectivity index (χ2n) is 4.54. The van der Waals surface area contributed by atoms with Gasteiger partial charge in [-0.1, -0.05) is 29.8 Å². The van der Waals surface area contributed by atoms with Crippen LogP contribution in [0, 0.1) is 5.82 Å². The van der Waals surface area contributed by atoms with Crippen LogP contribution in [0.4, 0.5) is 4.39 Å². The van der Waals surface area contributed by atoms with Crippen molar-refractivity contribution in [2.75, 3.05) is 0 Å². The zero-order chi connectivity index (χ0) is 15.5. The molecule has 21 heavy (non-hydrogen) atoms. The smallest absolute Gasteiger partial charge is 0.238 e. The molecule has 3 N–H and O–H groups in total. The third-order valence-electron chi connectivity index (χ3n) is 2.87. The van der Waals surface area contributed by atoms with Gasteiger partial charge in [0.15, 0.2) is 0 Å². The van der Waals surface area contributed by atoms with Crippen LogP contribution in [0.3, 0.4) is 0 Å². The van der Waals surface area contributed by atoms with Gasteiger partial charge in [-0.25, -0.2) is 17.9 Å². The molecule has 2 aromatic carbocycles. The second kappa shape index (κ2) is 6.53. The van der Waals surface area contributed by atoms with Gasteiger partial charge in [0.2, 0.25) is 10.0 Å². The van der Waals surface area contributed by atoms with Crippen molar-refractivity contribution in [3.8, 4) is 0 Å². The van der Waals surface area contributed by atoms with E-state index < -0.39 is 15.8 Å². The SMILES string of the molecule is NS(=O)(=O)c1cccc(CNCc2ccc(Cl)c(F)c2)c1. The quantitative estimate of drug-likeness (QED) is 0.885. The molecule has 0 unspecified atom stereocenters. The van der Waals surface area contributed by atoms with Crippen molar-refractivity contribution in [1.82, 2.24) is 5.32 Å². The summed E-state index contributed by atoms with van der Waals surface area (Å²) in [6.45, 7) is 0.876. The van der Waals surface area contributed by atoms with Gasteiger partial charge in [0.25, 0.3) is 0 Å². The largest absolute Gasteiger partial charge is 0.309 e. The molecular weight excluding hydrogens is 315 g/mol. The van der Waals surface area contributed by atoms with Gasteiger partial charge < -0.3 is 5.32 Å². The lowest BCUT2D eigenvalue weighted by Gasteiger charge is -2.07. The van der Waals surface area contributed by atoms with E-state index in [9.17, 15) is 12.8 Å². The Morgan fingerprint density at radius 3 is 2.38 bits per heavy atom. The number of benzene rings is 2. The van der Waals surface area contributed by atoms with Crippen molar-refractivity contribution in [3.63, 3.8) is 0 Å². The Labute approximate surface area is 127 Å². The molecule has 0 heterocycles. The Hall–Kier alpha value is -1.47. The number of halogens is 2. The third kappa shape index (κ3) is 4.50. The van der Waals surface area contributed by atoms with Crippen molar-refractivity contribution in [3.05, 3.63) is 64.4 Å². The fourth-order valence-corrected chi connectivity index (χ4v) is 2.53. The molecule has 0 saturated carbocycles. The Balaban J connectivity index is 1.99. The molecule has 0 spiro atoms. The zero-order valence-electron chi connectivity index (χ0n) is 11.0. The van der Waals surface area contributed by atoms with E-state index in [2.05, 4.69) is 5.32 Å². The zero-order valence-corrected chi connectivity index (χ0v) is 12.6. The first-order valence-corrected chi connectivity index (χ1v) is 8.05. The Kier molecular flexibility index (Phi) is 4.95. The van der Waals surface area contributed by atoms with E-state index in [1.165, 1.54) is 24.3 Å². The number of primary sulfonamides is 1. The van der Waals surface area contributed by atoms with Crippen molar-refractivity contribution in [1.29, 1.82) is 0 Å². The standard InChI is InChI=1S/C14H14ClFN2O2S/c15-13-5-4-11(7-14(13)16)9-18-8-10-2-1-3-12(6-10)21(17,19)20/h1-7,18H,8-9H2,(H2,17,19,20). The molecule has 0 aliphatic carbocycles. The molecule has 0 fully saturated rings.